The third kappa shape index (κ3) is 4.88. The Labute approximate surface area is 144 Å². The molecule has 2 rings (SSSR count). The lowest BCUT2D eigenvalue weighted by molar-refractivity contribution is 0.624. The summed E-state index contributed by atoms with van der Waals surface area (Å²) < 4.78 is 4.14. The molecule has 0 saturated carbocycles. The maximum Gasteiger partial charge on any atom is 0.0860 e. The molecule has 4 heteroatoms. The van der Waals surface area contributed by atoms with Crippen LogP contribution in [0.3, 0.4) is 0 Å². The van der Waals surface area contributed by atoms with Crippen molar-refractivity contribution < 1.29 is 0 Å². The molecule has 24 heavy (non-hydrogen) atoms. The van der Waals surface area contributed by atoms with Crippen molar-refractivity contribution in [2.75, 3.05) is 0 Å². The van der Waals surface area contributed by atoms with E-state index in [9.17, 15) is 0 Å². The highest BCUT2D eigenvalue weighted by Crippen LogP contribution is 2.24. The van der Waals surface area contributed by atoms with Crippen LogP contribution in [0.1, 0.15) is 25.2 Å². The minimum atomic E-state index is -0.148. The van der Waals surface area contributed by atoms with E-state index in [4.69, 9.17) is 5.73 Å². The van der Waals surface area contributed by atoms with E-state index >= 15 is 0 Å². The minimum Gasteiger partial charge on any atom is -0.390 e. The number of aromatic nitrogens is 2. The lowest BCUT2D eigenvalue weighted by atomic mass is 9.91. The topological polar surface area (TPSA) is 48.2 Å². The number of hydrogen-bond donors (Lipinski definition) is 1. The van der Waals surface area contributed by atoms with Gasteiger partial charge in [0.15, 0.2) is 0 Å². The van der Waals surface area contributed by atoms with E-state index in [-0.39, 0.29) is 5.41 Å². The third-order valence-corrected chi connectivity index (χ3v) is 3.82. The van der Waals surface area contributed by atoms with Crippen LogP contribution in [0.4, 0.5) is 0 Å². The van der Waals surface area contributed by atoms with Crippen LogP contribution in [0.25, 0.3) is 12.2 Å². The van der Waals surface area contributed by atoms with Crippen molar-refractivity contribution >= 4 is 18.5 Å². The lowest BCUT2D eigenvalue weighted by Gasteiger charge is -2.15. The molecular weight excluding hydrogens is 296 g/mol. The fourth-order valence-corrected chi connectivity index (χ4v) is 2.41. The average Bonchev–Trinajstić information content (AvgIpc) is 3.11. The Morgan fingerprint density at radius 2 is 1.62 bits per heavy atom. The molecule has 0 aliphatic carbocycles. The first kappa shape index (κ1) is 17.6. The molecule has 2 aromatic heterocycles. The van der Waals surface area contributed by atoms with Crippen LogP contribution in [-0.2, 0) is 14.1 Å². The highest BCUT2D eigenvalue weighted by atomic mass is 14.9. The second-order valence-electron chi connectivity index (χ2n) is 6.42. The minimum absolute atomic E-state index is 0.148. The first-order chi connectivity index (χ1) is 11.4. The summed E-state index contributed by atoms with van der Waals surface area (Å²) >= 11 is 0. The highest BCUT2D eigenvalue weighted by Gasteiger charge is 2.11. The van der Waals surface area contributed by atoms with Gasteiger partial charge in [0.25, 0.3) is 0 Å². The van der Waals surface area contributed by atoms with Gasteiger partial charge in [0.2, 0.25) is 0 Å². The fraction of sp³-hybridized carbons (Fsp3) is 0.250. The van der Waals surface area contributed by atoms with Gasteiger partial charge in [-0.15, -0.1) is 0 Å². The Bertz CT molecular complexity index is 782. The van der Waals surface area contributed by atoms with E-state index in [0.29, 0.717) is 0 Å². The lowest BCUT2D eigenvalue weighted by Crippen LogP contribution is -2.04. The standard InChI is InChI=1S/C20H26N4/c1-20(2,12-11-19-8-6-14-24(19)4)15-17(22-16-21)9-10-18-7-5-13-23(18)3/h5-16H,1-4H3,(H2,21,22)/b10-9+,12-11+,17-15-. The molecule has 0 unspecified atom stereocenters. The Kier molecular flexibility index (Phi) is 5.64. The van der Waals surface area contributed by atoms with E-state index in [0.717, 1.165) is 11.4 Å². The first-order valence-corrected chi connectivity index (χ1v) is 7.98. The van der Waals surface area contributed by atoms with Crippen LogP contribution in [0.2, 0.25) is 0 Å². The van der Waals surface area contributed by atoms with Crippen molar-refractivity contribution in [1.82, 2.24) is 9.13 Å². The largest absolute Gasteiger partial charge is 0.390 e. The van der Waals surface area contributed by atoms with Gasteiger partial charge < -0.3 is 14.9 Å². The zero-order valence-corrected chi connectivity index (χ0v) is 14.8. The molecule has 0 saturated heterocycles. The zero-order valence-electron chi connectivity index (χ0n) is 14.8. The molecule has 0 radical (unpaired) electrons. The molecule has 0 aromatic carbocycles. The number of allylic oxidation sites excluding steroid dienone is 3. The van der Waals surface area contributed by atoms with Crippen LogP contribution in [0.15, 0.2) is 65.6 Å². The van der Waals surface area contributed by atoms with Crippen LogP contribution in [-0.4, -0.2) is 15.5 Å². The van der Waals surface area contributed by atoms with Crippen LogP contribution in [0, 0.1) is 5.41 Å². The average molecular weight is 322 g/mol. The molecule has 2 N–H and O–H groups in total. The maximum atomic E-state index is 5.51. The van der Waals surface area contributed by atoms with Crippen molar-refractivity contribution in [3.63, 3.8) is 0 Å². The monoisotopic (exact) mass is 322 g/mol. The molecule has 0 bridgehead atoms. The van der Waals surface area contributed by atoms with Crippen molar-refractivity contribution in [2.45, 2.75) is 13.8 Å². The highest BCUT2D eigenvalue weighted by molar-refractivity contribution is 5.58. The summed E-state index contributed by atoms with van der Waals surface area (Å²) in [6.45, 7) is 4.30. The molecule has 0 aliphatic rings. The van der Waals surface area contributed by atoms with E-state index in [2.05, 4.69) is 58.3 Å². The SMILES string of the molecule is Cn1cccc1/C=C/C(=C/C(C)(C)/C=C/c1cccn1C)N=CN. The molecule has 2 aromatic rings. The summed E-state index contributed by atoms with van der Waals surface area (Å²) in [7, 11) is 4.05. The molecule has 0 amide bonds. The van der Waals surface area contributed by atoms with Crippen LogP contribution >= 0.6 is 0 Å². The molecule has 0 aliphatic heterocycles. The normalized spacial score (nSPS) is 13.8. The maximum absolute atomic E-state index is 5.51. The van der Waals surface area contributed by atoms with Crippen molar-refractivity contribution in [2.24, 2.45) is 30.2 Å². The van der Waals surface area contributed by atoms with Gasteiger partial charge in [-0.2, -0.15) is 0 Å². The Morgan fingerprint density at radius 1 is 1.04 bits per heavy atom. The molecular formula is C20H26N4. The molecule has 0 atom stereocenters. The molecule has 4 nitrogen and oxygen atoms in total. The molecule has 0 spiro atoms. The summed E-state index contributed by atoms with van der Waals surface area (Å²) in [6.07, 6.45) is 15.8. The second-order valence-corrected chi connectivity index (χ2v) is 6.42. The second kappa shape index (κ2) is 7.68. The van der Waals surface area contributed by atoms with Crippen LogP contribution in [0.5, 0.6) is 0 Å². The Balaban J connectivity index is 2.22. The van der Waals surface area contributed by atoms with Gasteiger partial charge >= 0.3 is 0 Å². The summed E-state index contributed by atoms with van der Waals surface area (Å²) in [5.41, 5.74) is 8.47. The molecule has 126 valence electrons. The van der Waals surface area contributed by atoms with Crippen molar-refractivity contribution in [3.05, 3.63) is 72.0 Å². The third-order valence-electron chi connectivity index (χ3n) is 3.82. The number of nitrogens with two attached hydrogens (primary N) is 1. The summed E-state index contributed by atoms with van der Waals surface area (Å²) in [5.74, 6) is 0. The van der Waals surface area contributed by atoms with E-state index in [1.165, 1.54) is 12.0 Å². The summed E-state index contributed by atoms with van der Waals surface area (Å²) in [4.78, 5) is 4.28. The number of rotatable bonds is 6. The Morgan fingerprint density at radius 3 is 2.12 bits per heavy atom. The van der Waals surface area contributed by atoms with Gasteiger partial charge in [-0.05, 0) is 48.6 Å². The smallest absolute Gasteiger partial charge is 0.0860 e. The predicted octanol–water partition coefficient (Wildman–Crippen LogP) is 3.99. The fourth-order valence-electron chi connectivity index (χ4n) is 2.41. The van der Waals surface area contributed by atoms with Gasteiger partial charge in [0.1, 0.15) is 0 Å². The van der Waals surface area contributed by atoms with Gasteiger partial charge in [-0.3, -0.25) is 0 Å². The summed E-state index contributed by atoms with van der Waals surface area (Å²) in [5, 5.41) is 0. The van der Waals surface area contributed by atoms with E-state index in [1.807, 2.05) is 50.8 Å². The van der Waals surface area contributed by atoms with Crippen molar-refractivity contribution in [3.8, 4) is 0 Å². The number of aliphatic imine (C=N–C) groups is 1. The van der Waals surface area contributed by atoms with Gasteiger partial charge in [0.05, 0.1) is 12.0 Å². The molecule has 0 fully saturated rings. The Hall–Kier alpha value is -2.75. The van der Waals surface area contributed by atoms with E-state index < -0.39 is 0 Å². The molecule has 2 heterocycles. The first-order valence-electron chi connectivity index (χ1n) is 7.98. The van der Waals surface area contributed by atoms with Crippen LogP contribution < -0.4 is 5.73 Å². The number of hydrogen-bond acceptors (Lipinski definition) is 1. The van der Waals surface area contributed by atoms with Crippen molar-refractivity contribution in [1.29, 1.82) is 0 Å². The van der Waals surface area contributed by atoms with Gasteiger partial charge in [-0.25, -0.2) is 4.99 Å². The summed E-state index contributed by atoms with van der Waals surface area (Å²) in [6, 6.07) is 8.20. The zero-order chi connectivity index (χ0) is 17.6. The van der Waals surface area contributed by atoms with Gasteiger partial charge in [0, 0.05) is 43.3 Å². The number of aryl methyl sites for hydroxylation is 2. The van der Waals surface area contributed by atoms with Gasteiger partial charge in [-0.1, -0.05) is 19.9 Å². The van der Waals surface area contributed by atoms with E-state index in [1.54, 1.807) is 0 Å². The quantitative estimate of drug-likeness (QED) is 0.488. The number of nitrogens with zero attached hydrogens (tertiary/aromatic N) is 3. The predicted molar refractivity (Wildman–Crippen MR) is 103 cm³/mol.